The first-order valence-electron chi connectivity index (χ1n) is 6.36. The summed E-state index contributed by atoms with van der Waals surface area (Å²) in [5.74, 6) is 0.598. The number of anilines is 3. The van der Waals surface area contributed by atoms with E-state index >= 15 is 0 Å². The highest BCUT2D eigenvalue weighted by molar-refractivity contribution is 9.10. The van der Waals surface area contributed by atoms with Gasteiger partial charge in [-0.15, -0.1) is 0 Å². The Hall–Kier alpha value is -1.56. The zero-order valence-corrected chi connectivity index (χ0v) is 13.5. The van der Waals surface area contributed by atoms with Crippen molar-refractivity contribution in [3.8, 4) is 0 Å². The van der Waals surface area contributed by atoms with Crippen LogP contribution in [0.15, 0.2) is 16.6 Å². The van der Waals surface area contributed by atoms with Crippen molar-refractivity contribution in [1.29, 1.82) is 0 Å². The smallest absolute Gasteiger partial charge is 0.152 e. The van der Waals surface area contributed by atoms with Gasteiger partial charge in [-0.2, -0.15) is 5.10 Å². The molecule has 0 saturated heterocycles. The number of aromatic nitrogens is 2. The highest BCUT2D eigenvalue weighted by Crippen LogP contribution is 2.32. The Kier molecular flexibility index (Phi) is 4.04. The van der Waals surface area contributed by atoms with E-state index in [1.165, 1.54) is 6.07 Å². The summed E-state index contributed by atoms with van der Waals surface area (Å²) in [6.07, 6.45) is 0. The van der Waals surface area contributed by atoms with E-state index in [4.69, 9.17) is 5.73 Å². The van der Waals surface area contributed by atoms with Crippen molar-refractivity contribution in [3.63, 3.8) is 0 Å². The van der Waals surface area contributed by atoms with Crippen molar-refractivity contribution < 1.29 is 4.39 Å². The molecular weight excluding hydrogens is 323 g/mol. The molecule has 1 heterocycles. The lowest BCUT2D eigenvalue weighted by Gasteiger charge is -2.11. The Morgan fingerprint density at radius 2 is 2.05 bits per heavy atom. The predicted molar refractivity (Wildman–Crippen MR) is 83.8 cm³/mol. The highest BCUT2D eigenvalue weighted by Gasteiger charge is 2.17. The molecular formula is C14H18BrFN4. The van der Waals surface area contributed by atoms with Crippen LogP contribution in [0.3, 0.4) is 0 Å². The molecule has 0 fully saturated rings. The molecule has 2 aromatic rings. The van der Waals surface area contributed by atoms with Crippen molar-refractivity contribution in [3.05, 3.63) is 33.7 Å². The van der Waals surface area contributed by atoms with Crippen LogP contribution in [0.2, 0.25) is 0 Å². The Labute approximate surface area is 126 Å². The molecule has 4 nitrogen and oxygen atoms in total. The third-order valence-corrected chi connectivity index (χ3v) is 3.79. The Balaban J connectivity index is 2.43. The molecule has 3 N–H and O–H groups in total. The van der Waals surface area contributed by atoms with E-state index in [0.717, 1.165) is 11.3 Å². The lowest BCUT2D eigenvalue weighted by molar-refractivity contribution is 0.621. The SMILES string of the molecule is Cc1cc(Br)c(F)cc1Nc1c(N)c(C(C)C)nn1C. The summed E-state index contributed by atoms with van der Waals surface area (Å²) in [6.45, 7) is 5.97. The zero-order valence-electron chi connectivity index (χ0n) is 12.0. The first-order chi connectivity index (χ1) is 9.31. The van der Waals surface area contributed by atoms with E-state index in [-0.39, 0.29) is 11.7 Å². The average Bonchev–Trinajstić information content (AvgIpc) is 2.63. The number of nitrogens with zero attached hydrogens (tertiary/aromatic N) is 2. The average molecular weight is 341 g/mol. The van der Waals surface area contributed by atoms with E-state index < -0.39 is 0 Å². The third kappa shape index (κ3) is 2.65. The normalized spacial score (nSPS) is 11.2. The molecule has 0 bridgehead atoms. The number of rotatable bonds is 3. The molecule has 1 aromatic heterocycles. The molecule has 108 valence electrons. The van der Waals surface area contributed by atoms with Crippen molar-refractivity contribution in [1.82, 2.24) is 9.78 Å². The van der Waals surface area contributed by atoms with Crippen molar-refractivity contribution >= 4 is 33.1 Å². The molecule has 0 amide bonds. The van der Waals surface area contributed by atoms with Crippen LogP contribution in [-0.4, -0.2) is 9.78 Å². The number of hydrogen-bond acceptors (Lipinski definition) is 3. The van der Waals surface area contributed by atoms with Crippen molar-refractivity contribution in [2.24, 2.45) is 7.05 Å². The number of benzene rings is 1. The summed E-state index contributed by atoms with van der Waals surface area (Å²) in [5, 5.41) is 7.57. The van der Waals surface area contributed by atoms with Gasteiger partial charge in [-0.1, -0.05) is 13.8 Å². The van der Waals surface area contributed by atoms with Gasteiger partial charge in [0.25, 0.3) is 0 Å². The monoisotopic (exact) mass is 340 g/mol. The topological polar surface area (TPSA) is 55.9 Å². The molecule has 0 radical (unpaired) electrons. The summed E-state index contributed by atoms with van der Waals surface area (Å²) in [6, 6.07) is 3.18. The molecule has 0 atom stereocenters. The summed E-state index contributed by atoms with van der Waals surface area (Å²) in [4.78, 5) is 0. The number of halogens is 2. The van der Waals surface area contributed by atoms with E-state index in [0.29, 0.717) is 21.7 Å². The fourth-order valence-corrected chi connectivity index (χ4v) is 2.50. The molecule has 6 heteroatoms. The van der Waals surface area contributed by atoms with Crippen LogP contribution >= 0.6 is 15.9 Å². The van der Waals surface area contributed by atoms with Gasteiger partial charge in [-0.3, -0.25) is 4.68 Å². The molecule has 0 saturated carbocycles. The number of nitrogens with two attached hydrogens (primary N) is 1. The maximum atomic E-state index is 13.7. The lowest BCUT2D eigenvalue weighted by atomic mass is 10.1. The summed E-state index contributed by atoms with van der Waals surface area (Å²) in [7, 11) is 1.81. The molecule has 20 heavy (non-hydrogen) atoms. The summed E-state index contributed by atoms with van der Waals surface area (Å²) in [5.41, 5.74) is 9.16. The number of nitrogens with one attached hydrogen (secondary N) is 1. The molecule has 1 aromatic carbocycles. The van der Waals surface area contributed by atoms with Gasteiger partial charge in [0, 0.05) is 12.7 Å². The predicted octanol–water partition coefficient (Wildman–Crippen LogP) is 4.08. The zero-order chi connectivity index (χ0) is 15.0. The van der Waals surface area contributed by atoms with Crippen LogP contribution in [0, 0.1) is 12.7 Å². The maximum Gasteiger partial charge on any atom is 0.152 e. The van der Waals surface area contributed by atoms with E-state index in [9.17, 15) is 4.39 Å². The molecule has 0 aliphatic carbocycles. The molecule has 0 aliphatic heterocycles. The maximum absolute atomic E-state index is 13.7. The lowest BCUT2D eigenvalue weighted by Crippen LogP contribution is -2.03. The minimum atomic E-state index is -0.317. The van der Waals surface area contributed by atoms with Crippen LogP contribution < -0.4 is 11.1 Å². The quantitative estimate of drug-likeness (QED) is 0.884. The van der Waals surface area contributed by atoms with Gasteiger partial charge in [-0.25, -0.2) is 4.39 Å². The number of nitrogen functional groups attached to an aromatic ring is 1. The second-order valence-corrected chi connectivity index (χ2v) is 5.99. The van der Waals surface area contributed by atoms with Crippen LogP contribution in [0.1, 0.15) is 31.0 Å². The van der Waals surface area contributed by atoms with E-state index in [2.05, 4.69) is 26.3 Å². The first kappa shape index (κ1) is 14.8. The van der Waals surface area contributed by atoms with Crippen molar-refractivity contribution in [2.75, 3.05) is 11.1 Å². The second-order valence-electron chi connectivity index (χ2n) is 5.13. The Morgan fingerprint density at radius 1 is 1.40 bits per heavy atom. The molecule has 0 unspecified atom stereocenters. The van der Waals surface area contributed by atoms with Gasteiger partial charge in [0.15, 0.2) is 5.82 Å². The van der Waals surface area contributed by atoms with Crippen molar-refractivity contribution in [2.45, 2.75) is 26.7 Å². The molecule has 2 rings (SSSR count). The number of hydrogen-bond donors (Lipinski definition) is 2. The number of aryl methyl sites for hydroxylation is 2. The van der Waals surface area contributed by atoms with Crippen LogP contribution in [-0.2, 0) is 7.05 Å². The van der Waals surface area contributed by atoms with Crippen LogP contribution in [0.5, 0.6) is 0 Å². The Bertz CT molecular complexity index is 649. The van der Waals surface area contributed by atoms with Crippen LogP contribution in [0.25, 0.3) is 0 Å². The minimum Gasteiger partial charge on any atom is -0.394 e. The van der Waals surface area contributed by atoms with Gasteiger partial charge in [0.1, 0.15) is 5.82 Å². The van der Waals surface area contributed by atoms with E-state index in [1.807, 2.05) is 27.8 Å². The fourth-order valence-electron chi connectivity index (χ4n) is 2.04. The van der Waals surface area contributed by atoms with Crippen LogP contribution in [0.4, 0.5) is 21.6 Å². The molecule has 0 spiro atoms. The fraction of sp³-hybridized carbons (Fsp3) is 0.357. The first-order valence-corrected chi connectivity index (χ1v) is 7.15. The van der Waals surface area contributed by atoms with Gasteiger partial charge < -0.3 is 11.1 Å². The molecule has 0 aliphatic rings. The summed E-state index contributed by atoms with van der Waals surface area (Å²) < 4.78 is 15.8. The standard InChI is InChI=1S/C14H18BrFN4/c1-7(2)13-12(17)14(20(4)19-13)18-11-6-10(16)9(15)5-8(11)3/h5-7,18H,17H2,1-4H3. The van der Waals surface area contributed by atoms with Gasteiger partial charge in [0.05, 0.1) is 15.9 Å². The Morgan fingerprint density at radius 3 is 2.60 bits per heavy atom. The van der Waals surface area contributed by atoms with Gasteiger partial charge >= 0.3 is 0 Å². The minimum absolute atomic E-state index is 0.236. The largest absolute Gasteiger partial charge is 0.394 e. The third-order valence-electron chi connectivity index (χ3n) is 3.18. The van der Waals surface area contributed by atoms with E-state index in [1.54, 1.807) is 10.7 Å². The van der Waals surface area contributed by atoms with Gasteiger partial charge in [-0.05, 0) is 46.5 Å². The highest BCUT2D eigenvalue weighted by atomic mass is 79.9. The summed E-state index contributed by atoms with van der Waals surface area (Å²) >= 11 is 3.17. The second kappa shape index (κ2) is 5.44. The van der Waals surface area contributed by atoms with Gasteiger partial charge in [0.2, 0.25) is 0 Å².